The van der Waals surface area contributed by atoms with E-state index in [-0.39, 0.29) is 5.97 Å². The molecule has 0 atom stereocenters. The third-order valence-corrected chi connectivity index (χ3v) is 4.09. The van der Waals surface area contributed by atoms with Crippen LogP contribution >= 0.6 is 0 Å². The van der Waals surface area contributed by atoms with E-state index in [4.69, 9.17) is 14.2 Å². The average molecular weight is 385 g/mol. The van der Waals surface area contributed by atoms with Gasteiger partial charge in [-0.1, -0.05) is 19.2 Å². The van der Waals surface area contributed by atoms with Crippen LogP contribution in [0.1, 0.15) is 26.2 Å². The number of esters is 1. The maximum atomic E-state index is 11.3. The molecule has 0 amide bonds. The van der Waals surface area contributed by atoms with Crippen molar-refractivity contribution in [2.45, 2.75) is 26.2 Å². The number of hydroxylamine groups is 2. The number of ether oxygens (including phenoxy) is 3. The van der Waals surface area contributed by atoms with E-state index < -0.39 is 0 Å². The lowest BCUT2D eigenvalue weighted by atomic mass is 10.0. The number of allylic oxidation sites excluding steroid dienone is 3. The van der Waals surface area contributed by atoms with E-state index in [9.17, 15) is 10.0 Å². The van der Waals surface area contributed by atoms with Crippen molar-refractivity contribution in [2.75, 3.05) is 19.8 Å². The standard InChI is InChI=1S/C22H27NO5/c1-4-18-14-17(15-23(25)21(18)5-2)16-28-20-11-9-19(10-12-20)27-13-7-8-22(24)26-6-3/h4-5,9-12,15,25H,1-2,6-8,13-14,16H2,3H3. The minimum Gasteiger partial charge on any atom is -0.494 e. The number of rotatable bonds is 11. The molecule has 0 unspecified atom stereocenters. The Balaban J connectivity index is 1.78. The lowest BCUT2D eigenvalue weighted by Gasteiger charge is -2.24. The summed E-state index contributed by atoms with van der Waals surface area (Å²) in [5.74, 6) is 1.20. The number of nitrogens with zero attached hydrogens (tertiary/aromatic N) is 1. The van der Waals surface area contributed by atoms with Crippen LogP contribution in [-0.2, 0) is 9.53 Å². The first-order valence-corrected chi connectivity index (χ1v) is 9.24. The van der Waals surface area contributed by atoms with Crippen LogP contribution in [0.5, 0.6) is 11.5 Å². The Hall–Kier alpha value is -2.99. The van der Waals surface area contributed by atoms with E-state index in [0.29, 0.717) is 56.3 Å². The normalized spacial score (nSPS) is 13.6. The fraction of sp³-hybridized carbons (Fsp3) is 0.318. The van der Waals surface area contributed by atoms with Crippen LogP contribution in [0.2, 0.25) is 0 Å². The second-order valence-electron chi connectivity index (χ2n) is 6.14. The first-order chi connectivity index (χ1) is 13.6. The number of hydrogen-bond donors (Lipinski definition) is 1. The fourth-order valence-corrected chi connectivity index (χ4v) is 2.71. The van der Waals surface area contributed by atoms with Crippen LogP contribution in [0, 0.1) is 0 Å². The maximum Gasteiger partial charge on any atom is 0.305 e. The second kappa shape index (κ2) is 11.0. The molecule has 1 aromatic carbocycles. The summed E-state index contributed by atoms with van der Waals surface area (Å²) in [7, 11) is 0. The van der Waals surface area contributed by atoms with Gasteiger partial charge in [-0.15, -0.1) is 0 Å². The number of carbonyl (C=O) groups excluding carboxylic acids is 1. The molecule has 0 saturated heterocycles. The second-order valence-corrected chi connectivity index (χ2v) is 6.14. The van der Waals surface area contributed by atoms with Crippen LogP contribution in [0.15, 0.2) is 72.6 Å². The van der Waals surface area contributed by atoms with Gasteiger partial charge in [0.15, 0.2) is 0 Å². The van der Waals surface area contributed by atoms with Crippen LogP contribution in [0.25, 0.3) is 0 Å². The third kappa shape index (κ3) is 6.32. The minimum atomic E-state index is -0.206. The van der Waals surface area contributed by atoms with Gasteiger partial charge in [0.05, 0.1) is 18.9 Å². The Labute approximate surface area is 166 Å². The Morgan fingerprint density at radius 1 is 1.18 bits per heavy atom. The Morgan fingerprint density at radius 2 is 1.86 bits per heavy atom. The zero-order chi connectivity index (χ0) is 20.4. The minimum absolute atomic E-state index is 0.206. The van der Waals surface area contributed by atoms with Crippen molar-refractivity contribution in [2.24, 2.45) is 0 Å². The number of carbonyl (C=O) groups is 1. The fourth-order valence-electron chi connectivity index (χ4n) is 2.71. The van der Waals surface area contributed by atoms with Crippen LogP contribution in [0.4, 0.5) is 0 Å². The van der Waals surface area contributed by atoms with Gasteiger partial charge in [0.1, 0.15) is 18.1 Å². The van der Waals surface area contributed by atoms with Gasteiger partial charge in [-0.25, -0.2) is 5.06 Å². The Morgan fingerprint density at radius 3 is 2.46 bits per heavy atom. The van der Waals surface area contributed by atoms with E-state index in [2.05, 4.69) is 13.2 Å². The summed E-state index contributed by atoms with van der Waals surface area (Å²) in [6.45, 7) is 10.5. The smallest absolute Gasteiger partial charge is 0.305 e. The lowest BCUT2D eigenvalue weighted by molar-refractivity contribution is -0.143. The highest BCUT2D eigenvalue weighted by Crippen LogP contribution is 2.26. The summed E-state index contributed by atoms with van der Waals surface area (Å²) >= 11 is 0. The largest absolute Gasteiger partial charge is 0.494 e. The van der Waals surface area contributed by atoms with Gasteiger partial charge in [0.25, 0.3) is 0 Å². The van der Waals surface area contributed by atoms with Crippen molar-refractivity contribution in [1.82, 2.24) is 5.06 Å². The summed E-state index contributed by atoms with van der Waals surface area (Å²) in [6, 6.07) is 7.27. The molecule has 6 nitrogen and oxygen atoms in total. The molecule has 0 saturated carbocycles. The molecule has 1 aromatic rings. The Bertz CT molecular complexity index is 749. The van der Waals surface area contributed by atoms with Crippen molar-refractivity contribution in [3.05, 3.63) is 72.6 Å². The first kappa shape index (κ1) is 21.3. The highest BCUT2D eigenvalue weighted by molar-refractivity contribution is 5.69. The summed E-state index contributed by atoms with van der Waals surface area (Å²) in [5.41, 5.74) is 2.44. The van der Waals surface area contributed by atoms with Gasteiger partial charge in [0, 0.05) is 19.0 Å². The topological polar surface area (TPSA) is 68.2 Å². The molecule has 1 aliphatic heterocycles. The monoisotopic (exact) mass is 385 g/mol. The summed E-state index contributed by atoms with van der Waals surface area (Å²) in [5, 5.41) is 11.1. The predicted octanol–water partition coefficient (Wildman–Crippen LogP) is 4.39. The van der Waals surface area contributed by atoms with Gasteiger partial charge in [-0.3, -0.25) is 10.0 Å². The van der Waals surface area contributed by atoms with Crippen molar-refractivity contribution in [1.29, 1.82) is 0 Å². The molecule has 0 fully saturated rings. The van der Waals surface area contributed by atoms with Crippen LogP contribution in [0.3, 0.4) is 0 Å². The molecule has 0 bridgehead atoms. The molecule has 0 aliphatic carbocycles. The highest BCUT2D eigenvalue weighted by atomic mass is 16.5. The van der Waals surface area contributed by atoms with Crippen molar-refractivity contribution in [3.63, 3.8) is 0 Å². The van der Waals surface area contributed by atoms with Crippen molar-refractivity contribution in [3.8, 4) is 11.5 Å². The lowest BCUT2D eigenvalue weighted by Crippen LogP contribution is -2.19. The Kier molecular flexibility index (Phi) is 8.37. The molecule has 1 N–H and O–H groups in total. The van der Waals surface area contributed by atoms with Gasteiger partial charge in [0.2, 0.25) is 0 Å². The maximum absolute atomic E-state index is 11.3. The molecule has 28 heavy (non-hydrogen) atoms. The van der Waals surface area contributed by atoms with Crippen molar-refractivity contribution >= 4 is 5.97 Å². The molecule has 1 heterocycles. The van der Waals surface area contributed by atoms with Gasteiger partial charge in [-0.05, 0) is 54.8 Å². The highest BCUT2D eigenvalue weighted by Gasteiger charge is 2.16. The molecule has 0 radical (unpaired) electrons. The third-order valence-electron chi connectivity index (χ3n) is 4.09. The van der Waals surface area contributed by atoms with Gasteiger partial charge >= 0.3 is 5.97 Å². The molecule has 0 aromatic heterocycles. The van der Waals surface area contributed by atoms with E-state index in [1.54, 1.807) is 25.3 Å². The molecule has 2 rings (SSSR count). The van der Waals surface area contributed by atoms with E-state index in [1.165, 1.54) is 0 Å². The molecule has 0 spiro atoms. The predicted molar refractivity (Wildman–Crippen MR) is 107 cm³/mol. The summed E-state index contributed by atoms with van der Waals surface area (Å²) < 4.78 is 16.3. The van der Waals surface area contributed by atoms with Crippen LogP contribution < -0.4 is 9.47 Å². The van der Waals surface area contributed by atoms with Gasteiger partial charge < -0.3 is 14.2 Å². The number of hydrogen-bond acceptors (Lipinski definition) is 6. The average Bonchev–Trinajstić information content (AvgIpc) is 2.70. The van der Waals surface area contributed by atoms with E-state index in [1.807, 2.05) is 24.3 Å². The number of benzene rings is 1. The molecular formula is C22H27NO5. The first-order valence-electron chi connectivity index (χ1n) is 9.24. The summed E-state index contributed by atoms with van der Waals surface area (Å²) in [6.07, 6.45) is 6.53. The van der Waals surface area contributed by atoms with Gasteiger partial charge in [-0.2, -0.15) is 0 Å². The zero-order valence-electron chi connectivity index (χ0n) is 16.2. The quantitative estimate of drug-likeness (QED) is 0.450. The van der Waals surface area contributed by atoms with E-state index >= 15 is 0 Å². The molecule has 150 valence electrons. The molecule has 1 aliphatic rings. The molecular weight excluding hydrogens is 358 g/mol. The SMILES string of the molecule is C=CC1=C(C=C)N(O)C=C(COc2ccc(OCCCC(=O)OCC)cc2)C1. The zero-order valence-corrected chi connectivity index (χ0v) is 16.2. The van der Waals surface area contributed by atoms with Crippen LogP contribution in [-0.4, -0.2) is 36.1 Å². The van der Waals surface area contributed by atoms with E-state index in [0.717, 1.165) is 16.2 Å². The van der Waals surface area contributed by atoms with Crippen molar-refractivity contribution < 1.29 is 24.2 Å². The summed E-state index contributed by atoms with van der Waals surface area (Å²) in [4.78, 5) is 11.3. The molecule has 6 heteroatoms.